The van der Waals surface area contributed by atoms with Crippen molar-refractivity contribution >= 4 is 0 Å². The van der Waals surface area contributed by atoms with Crippen LogP contribution in [0.5, 0.6) is 5.75 Å². The highest BCUT2D eigenvalue weighted by atomic mass is 16.5. The molecule has 0 fully saturated rings. The zero-order chi connectivity index (χ0) is 13.1. The van der Waals surface area contributed by atoms with Crippen molar-refractivity contribution in [3.8, 4) is 5.75 Å². The molecule has 0 saturated heterocycles. The molecule has 0 atom stereocenters. The van der Waals surface area contributed by atoms with Gasteiger partial charge < -0.3 is 9.64 Å². The van der Waals surface area contributed by atoms with Gasteiger partial charge in [-0.25, -0.2) is 0 Å². The summed E-state index contributed by atoms with van der Waals surface area (Å²) in [5, 5.41) is 0. The SMILES string of the molecule is CN1CCc2c(cccc2OCc2ccccc2)C1. The smallest absolute Gasteiger partial charge is 0.123 e. The van der Waals surface area contributed by atoms with Gasteiger partial charge in [0, 0.05) is 13.1 Å². The molecule has 0 unspecified atom stereocenters. The van der Waals surface area contributed by atoms with E-state index >= 15 is 0 Å². The van der Waals surface area contributed by atoms with E-state index in [0.717, 1.165) is 25.3 Å². The van der Waals surface area contributed by atoms with Crippen LogP contribution in [-0.2, 0) is 19.6 Å². The predicted molar refractivity (Wildman–Crippen MR) is 77.3 cm³/mol. The van der Waals surface area contributed by atoms with Gasteiger partial charge in [-0.05, 0) is 36.2 Å². The molecule has 0 saturated carbocycles. The summed E-state index contributed by atoms with van der Waals surface area (Å²) in [5.74, 6) is 1.05. The van der Waals surface area contributed by atoms with Crippen molar-refractivity contribution in [2.75, 3.05) is 13.6 Å². The van der Waals surface area contributed by atoms with Crippen molar-refractivity contribution in [1.82, 2.24) is 4.90 Å². The molecule has 0 aromatic heterocycles. The summed E-state index contributed by atoms with van der Waals surface area (Å²) in [6.07, 6.45) is 1.08. The Bertz CT molecular complexity index is 550. The number of hydrogen-bond acceptors (Lipinski definition) is 2. The zero-order valence-electron chi connectivity index (χ0n) is 11.3. The quantitative estimate of drug-likeness (QED) is 0.832. The van der Waals surface area contributed by atoms with Gasteiger partial charge in [-0.15, -0.1) is 0 Å². The predicted octanol–water partition coefficient (Wildman–Crippen LogP) is 3.25. The first-order chi connectivity index (χ1) is 9.33. The molecule has 1 aliphatic rings. The number of fused-ring (bicyclic) bond motifs is 1. The van der Waals surface area contributed by atoms with Crippen molar-refractivity contribution in [3.63, 3.8) is 0 Å². The molecule has 0 spiro atoms. The minimum atomic E-state index is 0.646. The first-order valence-electron chi connectivity index (χ1n) is 6.79. The second-order valence-electron chi connectivity index (χ2n) is 5.16. The lowest BCUT2D eigenvalue weighted by molar-refractivity contribution is 0.283. The second kappa shape index (κ2) is 5.45. The van der Waals surface area contributed by atoms with E-state index in [1.807, 2.05) is 18.2 Å². The van der Waals surface area contributed by atoms with Crippen LogP contribution in [0, 0.1) is 0 Å². The highest BCUT2D eigenvalue weighted by molar-refractivity contribution is 5.41. The topological polar surface area (TPSA) is 12.5 Å². The number of benzene rings is 2. The molecular weight excluding hydrogens is 234 g/mol. The van der Waals surface area contributed by atoms with Crippen LogP contribution in [0.1, 0.15) is 16.7 Å². The van der Waals surface area contributed by atoms with Gasteiger partial charge in [0.15, 0.2) is 0 Å². The maximum atomic E-state index is 6.01. The van der Waals surface area contributed by atoms with E-state index in [1.165, 1.54) is 16.7 Å². The molecular formula is C17H19NO. The molecule has 2 nitrogen and oxygen atoms in total. The summed E-state index contributed by atoms with van der Waals surface area (Å²) in [7, 11) is 2.17. The van der Waals surface area contributed by atoms with Crippen molar-refractivity contribution in [1.29, 1.82) is 0 Å². The molecule has 3 rings (SSSR count). The average molecular weight is 253 g/mol. The molecule has 0 amide bonds. The van der Waals surface area contributed by atoms with Crippen LogP contribution in [0.2, 0.25) is 0 Å². The Morgan fingerprint density at radius 3 is 2.74 bits per heavy atom. The third-order valence-electron chi connectivity index (χ3n) is 3.65. The van der Waals surface area contributed by atoms with Gasteiger partial charge in [-0.3, -0.25) is 0 Å². The van der Waals surface area contributed by atoms with Crippen molar-refractivity contribution in [2.45, 2.75) is 19.6 Å². The summed E-state index contributed by atoms with van der Waals surface area (Å²) in [6, 6.07) is 16.7. The van der Waals surface area contributed by atoms with Crippen LogP contribution in [0.3, 0.4) is 0 Å². The van der Waals surface area contributed by atoms with Crippen molar-refractivity contribution < 1.29 is 4.74 Å². The lowest BCUT2D eigenvalue weighted by Crippen LogP contribution is -2.26. The van der Waals surface area contributed by atoms with E-state index in [2.05, 4.69) is 42.3 Å². The van der Waals surface area contributed by atoms with E-state index < -0.39 is 0 Å². The first-order valence-corrected chi connectivity index (χ1v) is 6.79. The Hall–Kier alpha value is -1.80. The number of nitrogens with zero attached hydrogens (tertiary/aromatic N) is 1. The van der Waals surface area contributed by atoms with E-state index in [0.29, 0.717) is 6.61 Å². The van der Waals surface area contributed by atoms with Crippen LogP contribution in [0.15, 0.2) is 48.5 Å². The number of ether oxygens (including phenoxy) is 1. The molecule has 1 heterocycles. The van der Waals surface area contributed by atoms with Crippen molar-refractivity contribution in [3.05, 3.63) is 65.2 Å². The number of hydrogen-bond donors (Lipinski definition) is 0. The highest BCUT2D eigenvalue weighted by Gasteiger charge is 2.16. The second-order valence-corrected chi connectivity index (χ2v) is 5.16. The van der Waals surface area contributed by atoms with E-state index in [9.17, 15) is 0 Å². The third kappa shape index (κ3) is 2.79. The van der Waals surface area contributed by atoms with Gasteiger partial charge in [0.05, 0.1) is 0 Å². The molecule has 0 bridgehead atoms. The molecule has 19 heavy (non-hydrogen) atoms. The Balaban J connectivity index is 1.77. The Labute approximate surface area is 114 Å². The monoisotopic (exact) mass is 253 g/mol. The molecule has 2 aromatic carbocycles. The summed E-state index contributed by atoms with van der Waals surface area (Å²) < 4.78 is 6.01. The largest absolute Gasteiger partial charge is 0.489 e. The fourth-order valence-electron chi connectivity index (χ4n) is 2.59. The standard InChI is InChI=1S/C17H19NO/c1-18-11-10-16-15(12-18)8-5-9-17(16)19-13-14-6-3-2-4-7-14/h2-9H,10-13H2,1H3. The average Bonchev–Trinajstić information content (AvgIpc) is 2.45. The normalized spacial score (nSPS) is 15.0. The lowest BCUT2D eigenvalue weighted by Gasteiger charge is -2.26. The maximum absolute atomic E-state index is 6.01. The van der Waals surface area contributed by atoms with Gasteiger partial charge in [-0.2, -0.15) is 0 Å². The van der Waals surface area contributed by atoms with Gasteiger partial charge >= 0.3 is 0 Å². The third-order valence-corrected chi connectivity index (χ3v) is 3.65. The van der Waals surface area contributed by atoms with Gasteiger partial charge in [-0.1, -0.05) is 42.5 Å². The summed E-state index contributed by atoms with van der Waals surface area (Å²) in [6.45, 7) is 2.78. The van der Waals surface area contributed by atoms with E-state index in [-0.39, 0.29) is 0 Å². The maximum Gasteiger partial charge on any atom is 0.123 e. The van der Waals surface area contributed by atoms with Gasteiger partial charge in [0.25, 0.3) is 0 Å². The summed E-state index contributed by atoms with van der Waals surface area (Å²) >= 11 is 0. The molecule has 0 radical (unpaired) electrons. The molecule has 0 N–H and O–H groups in total. The minimum Gasteiger partial charge on any atom is -0.489 e. The summed E-state index contributed by atoms with van der Waals surface area (Å²) in [5.41, 5.74) is 4.00. The highest BCUT2D eigenvalue weighted by Crippen LogP contribution is 2.28. The number of likely N-dealkylation sites (N-methyl/N-ethyl adjacent to an activating group) is 1. The Kier molecular flexibility index (Phi) is 3.51. The zero-order valence-corrected chi connectivity index (χ0v) is 11.3. The Morgan fingerprint density at radius 2 is 1.89 bits per heavy atom. The van der Waals surface area contributed by atoms with Crippen molar-refractivity contribution in [2.24, 2.45) is 0 Å². The van der Waals surface area contributed by atoms with Crippen LogP contribution < -0.4 is 4.74 Å². The molecule has 98 valence electrons. The van der Waals surface area contributed by atoms with Gasteiger partial charge in [0.1, 0.15) is 12.4 Å². The van der Waals surface area contributed by atoms with Crippen LogP contribution in [0.25, 0.3) is 0 Å². The van der Waals surface area contributed by atoms with Crippen LogP contribution in [-0.4, -0.2) is 18.5 Å². The molecule has 0 aliphatic carbocycles. The fourth-order valence-corrected chi connectivity index (χ4v) is 2.59. The van der Waals surface area contributed by atoms with Crippen LogP contribution in [0.4, 0.5) is 0 Å². The molecule has 2 aromatic rings. The van der Waals surface area contributed by atoms with Gasteiger partial charge in [0.2, 0.25) is 0 Å². The number of rotatable bonds is 3. The lowest BCUT2D eigenvalue weighted by atomic mass is 9.99. The minimum absolute atomic E-state index is 0.646. The summed E-state index contributed by atoms with van der Waals surface area (Å²) in [4.78, 5) is 2.35. The first kappa shape index (κ1) is 12.2. The fraction of sp³-hybridized carbons (Fsp3) is 0.294. The Morgan fingerprint density at radius 1 is 1.05 bits per heavy atom. The van der Waals surface area contributed by atoms with E-state index in [1.54, 1.807) is 0 Å². The van der Waals surface area contributed by atoms with E-state index in [4.69, 9.17) is 4.74 Å². The van der Waals surface area contributed by atoms with Crippen LogP contribution >= 0.6 is 0 Å². The molecule has 1 aliphatic heterocycles. The molecule has 2 heteroatoms.